The number of carbonyl (C=O) groups is 4. The molecule has 5 atom stereocenters. The summed E-state index contributed by atoms with van der Waals surface area (Å²) in [5.41, 5.74) is 6.88. The summed E-state index contributed by atoms with van der Waals surface area (Å²) in [6.45, 7) is 8.90. The van der Waals surface area contributed by atoms with E-state index in [1.807, 2.05) is 51.1 Å². The maximum Gasteiger partial charge on any atom is 0.326 e. The van der Waals surface area contributed by atoms with Crippen LogP contribution in [0.15, 0.2) is 30.3 Å². The van der Waals surface area contributed by atoms with Crippen molar-refractivity contribution in [3.8, 4) is 0 Å². The Kier molecular flexibility index (Phi) is 11.6. The van der Waals surface area contributed by atoms with Crippen LogP contribution < -0.4 is 21.7 Å². The molecular formula is C24H38N4O5. The van der Waals surface area contributed by atoms with Gasteiger partial charge in [-0.05, 0) is 37.2 Å². The van der Waals surface area contributed by atoms with E-state index in [0.29, 0.717) is 12.8 Å². The zero-order chi connectivity index (χ0) is 25.1. The monoisotopic (exact) mass is 462 g/mol. The van der Waals surface area contributed by atoms with Gasteiger partial charge in [0.25, 0.3) is 0 Å². The average molecular weight is 463 g/mol. The van der Waals surface area contributed by atoms with Crippen LogP contribution in [0.4, 0.5) is 0 Å². The van der Waals surface area contributed by atoms with Crippen molar-refractivity contribution in [2.24, 2.45) is 17.6 Å². The molecule has 9 nitrogen and oxygen atoms in total. The van der Waals surface area contributed by atoms with E-state index in [0.717, 1.165) is 5.56 Å². The molecule has 0 aliphatic carbocycles. The zero-order valence-electron chi connectivity index (χ0n) is 20.1. The summed E-state index contributed by atoms with van der Waals surface area (Å²) in [7, 11) is 0. The predicted molar refractivity (Wildman–Crippen MR) is 126 cm³/mol. The number of nitrogens with two attached hydrogens (primary N) is 1. The van der Waals surface area contributed by atoms with Gasteiger partial charge in [0, 0.05) is 0 Å². The number of aliphatic carboxylic acids is 1. The van der Waals surface area contributed by atoms with Crippen LogP contribution in [-0.2, 0) is 25.6 Å². The van der Waals surface area contributed by atoms with Crippen molar-refractivity contribution in [3.05, 3.63) is 35.9 Å². The van der Waals surface area contributed by atoms with Crippen LogP contribution in [0.5, 0.6) is 0 Å². The van der Waals surface area contributed by atoms with Gasteiger partial charge in [-0.25, -0.2) is 4.79 Å². The van der Waals surface area contributed by atoms with Gasteiger partial charge in [-0.1, -0.05) is 64.4 Å². The molecule has 0 bridgehead atoms. The maximum atomic E-state index is 12.8. The Morgan fingerprint density at radius 2 is 1.52 bits per heavy atom. The van der Waals surface area contributed by atoms with Crippen molar-refractivity contribution >= 4 is 23.7 Å². The first-order chi connectivity index (χ1) is 15.5. The highest BCUT2D eigenvalue weighted by atomic mass is 16.4. The van der Waals surface area contributed by atoms with Gasteiger partial charge in [-0.3, -0.25) is 14.4 Å². The van der Waals surface area contributed by atoms with Crippen molar-refractivity contribution in [3.63, 3.8) is 0 Å². The second-order valence-electron chi connectivity index (χ2n) is 8.93. The van der Waals surface area contributed by atoms with E-state index in [-0.39, 0.29) is 18.3 Å². The molecule has 0 aromatic heterocycles. The van der Waals surface area contributed by atoms with Gasteiger partial charge < -0.3 is 26.8 Å². The highest BCUT2D eigenvalue weighted by Crippen LogP contribution is 2.11. The third-order valence-electron chi connectivity index (χ3n) is 5.50. The SMILES string of the molecule is CC[C@H](C)[C@H](NC(=O)[C@H](C)NC(=O)[C@@H](N)Cc1ccccc1)C(=O)N[C@@H](CC(C)C)C(=O)O. The normalized spacial score (nSPS) is 15.6. The topological polar surface area (TPSA) is 151 Å². The number of benzene rings is 1. The molecule has 1 aromatic rings. The molecule has 0 aliphatic rings. The Balaban J connectivity index is 2.77. The second kappa shape index (κ2) is 13.6. The number of carbonyl (C=O) groups excluding carboxylic acids is 3. The third-order valence-corrected chi connectivity index (χ3v) is 5.50. The molecule has 9 heteroatoms. The summed E-state index contributed by atoms with van der Waals surface area (Å²) in [6.07, 6.45) is 1.18. The summed E-state index contributed by atoms with van der Waals surface area (Å²) in [5.74, 6) is -2.89. The van der Waals surface area contributed by atoms with Crippen molar-refractivity contribution in [2.45, 2.75) is 78.0 Å². The van der Waals surface area contributed by atoms with Gasteiger partial charge in [-0.2, -0.15) is 0 Å². The molecule has 184 valence electrons. The Labute approximate surface area is 195 Å². The first kappa shape index (κ1) is 28.1. The number of carboxylic acids is 1. The largest absolute Gasteiger partial charge is 0.480 e. The van der Waals surface area contributed by atoms with Gasteiger partial charge in [-0.15, -0.1) is 0 Å². The van der Waals surface area contributed by atoms with E-state index < -0.39 is 47.9 Å². The fraction of sp³-hybridized carbons (Fsp3) is 0.583. The molecule has 0 radical (unpaired) electrons. The quantitative estimate of drug-likeness (QED) is 0.297. The molecular weight excluding hydrogens is 424 g/mol. The summed E-state index contributed by atoms with van der Waals surface area (Å²) < 4.78 is 0. The molecule has 1 rings (SSSR count). The minimum absolute atomic E-state index is 0.0679. The summed E-state index contributed by atoms with van der Waals surface area (Å²) >= 11 is 0. The van der Waals surface area contributed by atoms with Gasteiger partial charge in [0.2, 0.25) is 17.7 Å². The van der Waals surface area contributed by atoms with Crippen LogP contribution >= 0.6 is 0 Å². The number of hydrogen-bond donors (Lipinski definition) is 5. The zero-order valence-corrected chi connectivity index (χ0v) is 20.1. The number of amides is 3. The van der Waals surface area contributed by atoms with E-state index in [1.54, 1.807) is 6.92 Å². The Morgan fingerprint density at radius 3 is 2.03 bits per heavy atom. The maximum absolute atomic E-state index is 12.8. The van der Waals surface area contributed by atoms with Crippen molar-refractivity contribution < 1.29 is 24.3 Å². The lowest BCUT2D eigenvalue weighted by atomic mass is 9.96. The molecule has 0 unspecified atom stereocenters. The van der Waals surface area contributed by atoms with Crippen LogP contribution in [0.1, 0.15) is 53.0 Å². The van der Waals surface area contributed by atoms with Gasteiger partial charge in [0.1, 0.15) is 18.1 Å². The molecule has 6 N–H and O–H groups in total. The van der Waals surface area contributed by atoms with Crippen LogP contribution in [0.3, 0.4) is 0 Å². The lowest BCUT2D eigenvalue weighted by molar-refractivity contribution is -0.143. The van der Waals surface area contributed by atoms with Gasteiger partial charge in [0.15, 0.2) is 0 Å². The molecule has 0 spiro atoms. The predicted octanol–water partition coefficient (Wildman–Crippen LogP) is 1.21. The number of hydrogen-bond acceptors (Lipinski definition) is 5. The van der Waals surface area contributed by atoms with Crippen LogP contribution in [-0.4, -0.2) is 53.0 Å². The van der Waals surface area contributed by atoms with Gasteiger partial charge >= 0.3 is 5.97 Å². The smallest absolute Gasteiger partial charge is 0.326 e. The minimum Gasteiger partial charge on any atom is -0.480 e. The fourth-order valence-electron chi connectivity index (χ4n) is 3.28. The summed E-state index contributed by atoms with van der Waals surface area (Å²) in [5, 5.41) is 17.2. The van der Waals surface area contributed by atoms with Crippen LogP contribution in [0.25, 0.3) is 0 Å². The van der Waals surface area contributed by atoms with E-state index in [2.05, 4.69) is 16.0 Å². The highest BCUT2D eigenvalue weighted by Gasteiger charge is 2.31. The molecule has 0 aliphatic heterocycles. The first-order valence-corrected chi connectivity index (χ1v) is 11.4. The molecule has 0 saturated carbocycles. The van der Waals surface area contributed by atoms with Crippen molar-refractivity contribution in [2.75, 3.05) is 0 Å². The molecule has 33 heavy (non-hydrogen) atoms. The summed E-state index contributed by atoms with van der Waals surface area (Å²) in [6, 6.07) is 5.56. The molecule has 3 amide bonds. The first-order valence-electron chi connectivity index (χ1n) is 11.4. The lowest BCUT2D eigenvalue weighted by Gasteiger charge is -2.27. The van der Waals surface area contributed by atoms with Crippen LogP contribution in [0, 0.1) is 11.8 Å². The molecule has 0 fully saturated rings. The standard InChI is InChI=1S/C24H38N4O5/c1-6-15(4)20(23(31)27-19(24(32)33)12-14(2)3)28-21(29)16(5)26-22(30)18(25)13-17-10-8-7-9-11-17/h7-11,14-16,18-20H,6,12-13,25H2,1-5H3,(H,26,30)(H,27,31)(H,28,29)(H,32,33)/t15-,16-,18-,19-,20-/m0/s1. The highest BCUT2D eigenvalue weighted by molar-refractivity contribution is 5.94. The molecule has 0 heterocycles. The van der Waals surface area contributed by atoms with Crippen LogP contribution in [0.2, 0.25) is 0 Å². The Morgan fingerprint density at radius 1 is 0.909 bits per heavy atom. The minimum atomic E-state index is -1.13. The second-order valence-corrected chi connectivity index (χ2v) is 8.93. The number of carboxylic acid groups (broad SMARTS) is 1. The van der Waals surface area contributed by atoms with E-state index in [1.165, 1.54) is 6.92 Å². The van der Waals surface area contributed by atoms with Gasteiger partial charge in [0.05, 0.1) is 6.04 Å². The molecule has 1 aromatic carbocycles. The lowest BCUT2D eigenvalue weighted by Crippen LogP contribution is -2.58. The van der Waals surface area contributed by atoms with Crippen molar-refractivity contribution in [1.82, 2.24) is 16.0 Å². The van der Waals surface area contributed by atoms with E-state index >= 15 is 0 Å². The summed E-state index contributed by atoms with van der Waals surface area (Å²) in [4.78, 5) is 49.5. The number of nitrogens with one attached hydrogen (secondary N) is 3. The fourth-order valence-corrected chi connectivity index (χ4v) is 3.28. The third kappa shape index (κ3) is 9.61. The number of rotatable bonds is 13. The average Bonchev–Trinajstić information content (AvgIpc) is 2.76. The van der Waals surface area contributed by atoms with E-state index in [9.17, 15) is 24.3 Å². The van der Waals surface area contributed by atoms with Crippen molar-refractivity contribution in [1.29, 1.82) is 0 Å². The van der Waals surface area contributed by atoms with E-state index in [4.69, 9.17) is 5.73 Å². The molecule has 0 saturated heterocycles. The Bertz CT molecular complexity index is 799. The Hall–Kier alpha value is -2.94.